The molecule has 152 valence electrons. The van der Waals surface area contributed by atoms with E-state index in [4.69, 9.17) is 5.26 Å². The lowest BCUT2D eigenvalue weighted by molar-refractivity contribution is -0.131. The van der Waals surface area contributed by atoms with Crippen LogP contribution in [0, 0.1) is 11.3 Å². The number of hydrogen-bond donors (Lipinski definition) is 0. The second kappa shape index (κ2) is 9.05. The predicted octanol–water partition coefficient (Wildman–Crippen LogP) is 2.27. The Labute approximate surface area is 173 Å². The van der Waals surface area contributed by atoms with Crippen molar-refractivity contribution in [1.82, 2.24) is 14.0 Å². The number of carbonyl (C=O) groups is 1. The van der Waals surface area contributed by atoms with Gasteiger partial charge in [-0.3, -0.25) is 18.7 Å². The lowest BCUT2D eigenvalue weighted by Gasteiger charge is -2.22. The molecule has 1 amide bonds. The average Bonchev–Trinajstić information content (AvgIpc) is 2.77. The van der Waals surface area contributed by atoms with Crippen LogP contribution in [-0.4, -0.2) is 26.5 Å². The molecular formula is C23H22N4O3. The van der Waals surface area contributed by atoms with Gasteiger partial charge in [-0.2, -0.15) is 5.26 Å². The fourth-order valence-corrected chi connectivity index (χ4v) is 3.35. The monoisotopic (exact) mass is 402 g/mol. The molecule has 0 spiro atoms. The van der Waals surface area contributed by atoms with Crippen molar-refractivity contribution in [3.05, 3.63) is 93.2 Å². The molecule has 7 heteroatoms. The van der Waals surface area contributed by atoms with E-state index in [2.05, 4.69) is 12.6 Å². The third-order valence-corrected chi connectivity index (χ3v) is 4.90. The van der Waals surface area contributed by atoms with E-state index in [-0.39, 0.29) is 24.6 Å². The molecule has 0 aliphatic carbocycles. The first-order valence-corrected chi connectivity index (χ1v) is 9.60. The van der Waals surface area contributed by atoms with Gasteiger partial charge in [0.25, 0.3) is 5.56 Å². The third kappa shape index (κ3) is 4.08. The molecule has 0 aliphatic rings. The Balaban J connectivity index is 1.97. The Morgan fingerprint density at radius 2 is 1.83 bits per heavy atom. The van der Waals surface area contributed by atoms with Crippen LogP contribution in [0.2, 0.25) is 0 Å². The predicted molar refractivity (Wildman–Crippen MR) is 115 cm³/mol. The maximum atomic E-state index is 13.1. The molecule has 0 bridgehead atoms. The summed E-state index contributed by atoms with van der Waals surface area (Å²) in [5.41, 5.74) is 0.969. The smallest absolute Gasteiger partial charge is 0.331 e. The highest BCUT2D eigenvalue weighted by Gasteiger charge is 2.18. The molecule has 0 N–H and O–H groups in total. The quantitative estimate of drug-likeness (QED) is 0.567. The molecule has 0 saturated carbocycles. The normalized spacial score (nSPS) is 10.5. The van der Waals surface area contributed by atoms with Gasteiger partial charge in [0.15, 0.2) is 0 Å². The highest BCUT2D eigenvalue weighted by Crippen LogP contribution is 2.11. The number of carbonyl (C=O) groups excluding carboxylic acids is 1. The van der Waals surface area contributed by atoms with Crippen LogP contribution in [0.1, 0.15) is 18.1 Å². The summed E-state index contributed by atoms with van der Waals surface area (Å²) in [5.74, 6) is -0.271. The van der Waals surface area contributed by atoms with Gasteiger partial charge in [-0.05, 0) is 36.8 Å². The van der Waals surface area contributed by atoms with Crippen molar-refractivity contribution in [1.29, 1.82) is 5.26 Å². The van der Waals surface area contributed by atoms with Crippen LogP contribution in [0.4, 0.5) is 0 Å². The Kier molecular flexibility index (Phi) is 6.28. The van der Waals surface area contributed by atoms with Gasteiger partial charge < -0.3 is 4.90 Å². The number of nitriles is 1. The molecule has 0 unspecified atom stereocenters. The number of rotatable bonds is 7. The van der Waals surface area contributed by atoms with E-state index in [1.165, 1.54) is 4.57 Å². The molecule has 2 aromatic carbocycles. The summed E-state index contributed by atoms with van der Waals surface area (Å²) in [6, 6.07) is 15.8. The van der Waals surface area contributed by atoms with Gasteiger partial charge >= 0.3 is 5.69 Å². The third-order valence-electron chi connectivity index (χ3n) is 4.90. The first kappa shape index (κ1) is 20.8. The van der Waals surface area contributed by atoms with Crippen molar-refractivity contribution < 1.29 is 4.79 Å². The summed E-state index contributed by atoms with van der Waals surface area (Å²) in [5, 5.41) is 9.33. The number of amides is 1. The van der Waals surface area contributed by atoms with Crippen molar-refractivity contribution in [2.45, 2.75) is 26.6 Å². The van der Waals surface area contributed by atoms with Gasteiger partial charge in [0, 0.05) is 19.6 Å². The number of benzene rings is 2. The Morgan fingerprint density at radius 3 is 2.47 bits per heavy atom. The second-order valence-corrected chi connectivity index (χ2v) is 6.81. The molecule has 0 saturated heterocycles. The van der Waals surface area contributed by atoms with Gasteiger partial charge in [0.2, 0.25) is 5.91 Å². The molecule has 0 aliphatic heterocycles. The fraction of sp³-hybridized carbons (Fsp3) is 0.217. The summed E-state index contributed by atoms with van der Waals surface area (Å²) in [6.45, 7) is 6.09. The van der Waals surface area contributed by atoms with Crippen LogP contribution < -0.4 is 11.2 Å². The van der Waals surface area contributed by atoms with Crippen molar-refractivity contribution in [3.63, 3.8) is 0 Å². The minimum absolute atomic E-state index is 0.191. The van der Waals surface area contributed by atoms with Crippen LogP contribution in [0.25, 0.3) is 10.9 Å². The lowest BCUT2D eigenvalue weighted by Crippen LogP contribution is -2.43. The van der Waals surface area contributed by atoms with Crippen LogP contribution in [0.15, 0.2) is 70.8 Å². The topological polar surface area (TPSA) is 88.1 Å². The summed E-state index contributed by atoms with van der Waals surface area (Å²) >= 11 is 0. The molecule has 0 radical (unpaired) electrons. The van der Waals surface area contributed by atoms with E-state index >= 15 is 0 Å². The molecular weight excluding hydrogens is 380 g/mol. The summed E-state index contributed by atoms with van der Waals surface area (Å²) in [7, 11) is 0. The lowest BCUT2D eigenvalue weighted by atomic mass is 10.1. The van der Waals surface area contributed by atoms with Crippen LogP contribution in [0.5, 0.6) is 0 Å². The van der Waals surface area contributed by atoms with E-state index in [1.54, 1.807) is 66.4 Å². The number of hydrogen-bond acceptors (Lipinski definition) is 4. The SMILES string of the molecule is C=CCN(Cc1ccc(C#N)cc1)C(=O)Cn1c(=O)n(CC)c(=O)c2ccccc21. The van der Waals surface area contributed by atoms with E-state index < -0.39 is 5.69 Å². The summed E-state index contributed by atoms with van der Waals surface area (Å²) in [4.78, 5) is 40.1. The second-order valence-electron chi connectivity index (χ2n) is 6.81. The van der Waals surface area contributed by atoms with E-state index in [1.807, 2.05) is 0 Å². The molecule has 30 heavy (non-hydrogen) atoms. The van der Waals surface area contributed by atoms with Crippen LogP contribution in [-0.2, 0) is 24.4 Å². The number of aromatic nitrogens is 2. The van der Waals surface area contributed by atoms with Crippen molar-refractivity contribution in [2.75, 3.05) is 6.54 Å². The summed E-state index contributed by atoms with van der Waals surface area (Å²) < 4.78 is 2.48. The zero-order valence-corrected chi connectivity index (χ0v) is 16.7. The van der Waals surface area contributed by atoms with E-state index in [0.29, 0.717) is 29.6 Å². The number of nitrogens with zero attached hydrogens (tertiary/aromatic N) is 4. The van der Waals surface area contributed by atoms with Crippen LogP contribution in [0.3, 0.4) is 0 Å². The van der Waals surface area contributed by atoms with Gasteiger partial charge in [0.05, 0.1) is 22.5 Å². The molecule has 1 aromatic heterocycles. The number of para-hydroxylation sites is 1. The highest BCUT2D eigenvalue weighted by atomic mass is 16.2. The first-order chi connectivity index (χ1) is 14.5. The van der Waals surface area contributed by atoms with Gasteiger partial charge in [0.1, 0.15) is 6.54 Å². The maximum absolute atomic E-state index is 13.1. The molecule has 0 atom stereocenters. The molecule has 1 heterocycles. The zero-order chi connectivity index (χ0) is 21.7. The summed E-state index contributed by atoms with van der Waals surface area (Å²) in [6.07, 6.45) is 1.62. The minimum Gasteiger partial charge on any atom is -0.333 e. The van der Waals surface area contributed by atoms with E-state index in [9.17, 15) is 14.4 Å². The fourth-order valence-electron chi connectivity index (χ4n) is 3.35. The van der Waals surface area contributed by atoms with Crippen molar-refractivity contribution in [3.8, 4) is 6.07 Å². The Morgan fingerprint density at radius 1 is 1.13 bits per heavy atom. The minimum atomic E-state index is -0.508. The van der Waals surface area contributed by atoms with Gasteiger partial charge in [-0.15, -0.1) is 6.58 Å². The molecule has 3 aromatic rings. The molecule has 3 rings (SSSR count). The molecule has 0 fully saturated rings. The van der Waals surface area contributed by atoms with Gasteiger partial charge in [-0.25, -0.2) is 4.79 Å². The molecule has 7 nitrogen and oxygen atoms in total. The largest absolute Gasteiger partial charge is 0.333 e. The van der Waals surface area contributed by atoms with Gasteiger partial charge in [-0.1, -0.05) is 30.3 Å². The average molecular weight is 402 g/mol. The first-order valence-electron chi connectivity index (χ1n) is 9.60. The standard InChI is InChI=1S/C23H22N4O3/c1-3-13-25(15-18-11-9-17(14-24)10-12-18)21(28)16-27-20-8-6-5-7-19(20)22(29)26(4-2)23(27)30/h3,5-12H,1,4,13,15-16H2,2H3. The van der Waals surface area contributed by atoms with Crippen molar-refractivity contribution >= 4 is 16.8 Å². The highest BCUT2D eigenvalue weighted by molar-refractivity contribution is 5.81. The Hall–Kier alpha value is -3.92. The Bertz CT molecular complexity index is 1250. The van der Waals surface area contributed by atoms with Crippen molar-refractivity contribution in [2.24, 2.45) is 0 Å². The number of fused-ring (bicyclic) bond motifs is 1. The van der Waals surface area contributed by atoms with E-state index in [0.717, 1.165) is 10.1 Å². The maximum Gasteiger partial charge on any atom is 0.331 e. The van der Waals surface area contributed by atoms with Crippen LogP contribution >= 0.6 is 0 Å². The zero-order valence-electron chi connectivity index (χ0n) is 16.7.